The van der Waals surface area contributed by atoms with Gasteiger partial charge in [0.05, 0.1) is 13.0 Å². The van der Waals surface area contributed by atoms with E-state index in [0.717, 1.165) is 0 Å². The molecule has 2 N–H and O–H groups in total. The van der Waals surface area contributed by atoms with Crippen molar-refractivity contribution in [2.45, 2.75) is 70.7 Å². The van der Waals surface area contributed by atoms with Gasteiger partial charge >= 0.3 is 12.1 Å². The van der Waals surface area contributed by atoms with Crippen molar-refractivity contribution in [1.29, 1.82) is 0 Å². The Morgan fingerprint density at radius 1 is 1.11 bits per heavy atom. The summed E-state index contributed by atoms with van der Waals surface area (Å²) in [5.41, 5.74) is 4.66. The molecule has 9 nitrogen and oxygen atoms in total. The highest BCUT2D eigenvalue weighted by atomic mass is 16.6. The summed E-state index contributed by atoms with van der Waals surface area (Å²) in [7, 11) is 1.27. The van der Waals surface area contributed by atoms with E-state index in [2.05, 4.69) is 0 Å². The van der Waals surface area contributed by atoms with Crippen molar-refractivity contribution in [2.75, 3.05) is 13.7 Å². The molecule has 2 saturated heterocycles. The van der Waals surface area contributed by atoms with Gasteiger partial charge in [-0.2, -0.15) is 0 Å². The van der Waals surface area contributed by atoms with Gasteiger partial charge in [-0.3, -0.25) is 19.3 Å². The van der Waals surface area contributed by atoms with E-state index in [1.807, 2.05) is 0 Å². The minimum absolute atomic E-state index is 0.119. The lowest BCUT2D eigenvalue weighted by molar-refractivity contribution is -0.146. The molecule has 9 heteroatoms. The summed E-state index contributed by atoms with van der Waals surface area (Å²) in [4.78, 5) is 52.4. The van der Waals surface area contributed by atoms with Crippen molar-refractivity contribution in [3.05, 3.63) is 0 Å². The van der Waals surface area contributed by atoms with E-state index in [-0.39, 0.29) is 12.3 Å². The fourth-order valence-corrected chi connectivity index (χ4v) is 3.82. The summed E-state index contributed by atoms with van der Waals surface area (Å²) in [5.74, 6) is -2.09. The number of nitrogens with two attached hydrogens (primary N) is 1. The van der Waals surface area contributed by atoms with E-state index in [1.165, 1.54) is 16.9 Å². The number of carbonyl (C=O) groups is 4. The zero-order valence-corrected chi connectivity index (χ0v) is 16.6. The first kappa shape index (κ1) is 21.0. The summed E-state index contributed by atoms with van der Waals surface area (Å²) in [6, 6.07) is -2.17. The van der Waals surface area contributed by atoms with Gasteiger partial charge in [0, 0.05) is 12.6 Å². The van der Waals surface area contributed by atoms with Crippen LogP contribution in [0.3, 0.4) is 0 Å². The third kappa shape index (κ3) is 4.33. The van der Waals surface area contributed by atoms with Gasteiger partial charge in [-0.1, -0.05) is 0 Å². The number of methoxy groups -OCH3 is 1. The van der Waals surface area contributed by atoms with Crippen LogP contribution in [0.1, 0.15) is 47.0 Å². The van der Waals surface area contributed by atoms with Gasteiger partial charge < -0.3 is 20.1 Å². The first-order valence-electron chi connectivity index (χ1n) is 9.17. The van der Waals surface area contributed by atoms with Gasteiger partial charge in [-0.05, 0) is 47.0 Å². The number of hydrogen-bond donors (Lipinski definition) is 1. The Hall–Kier alpha value is -2.32. The summed E-state index contributed by atoms with van der Waals surface area (Å²) >= 11 is 0. The highest BCUT2D eigenvalue weighted by Gasteiger charge is 2.51. The molecular formula is C18H29N3O6. The van der Waals surface area contributed by atoms with Crippen LogP contribution >= 0.6 is 0 Å². The number of rotatable bonds is 3. The lowest BCUT2D eigenvalue weighted by Gasteiger charge is -2.33. The molecule has 2 aliphatic rings. The van der Waals surface area contributed by atoms with E-state index in [4.69, 9.17) is 15.2 Å². The van der Waals surface area contributed by atoms with Gasteiger partial charge in [0.15, 0.2) is 0 Å². The molecule has 0 radical (unpaired) electrons. The highest BCUT2D eigenvalue weighted by molar-refractivity contribution is 5.92. The molecule has 2 heterocycles. The molecule has 0 spiro atoms. The van der Waals surface area contributed by atoms with Crippen molar-refractivity contribution in [3.63, 3.8) is 0 Å². The lowest BCUT2D eigenvalue weighted by Crippen LogP contribution is -2.54. The van der Waals surface area contributed by atoms with Gasteiger partial charge in [0.2, 0.25) is 11.8 Å². The van der Waals surface area contributed by atoms with Crippen LogP contribution in [-0.4, -0.2) is 71.1 Å². The number of amides is 3. The number of carbonyl (C=O) groups excluding carboxylic acids is 4. The molecule has 2 rings (SSSR count). The van der Waals surface area contributed by atoms with Crippen molar-refractivity contribution in [3.8, 4) is 0 Å². The SMILES string of the molecule is COC(=O)[C@H]1C[C@@H](C(=O)N2CCC[C@H]2C(N)=O)N(C(=O)OC(C)(C)C)[C@H]1C. The van der Waals surface area contributed by atoms with E-state index in [9.17, 15) is 19.2 Å². The molecule has 2 fully saturated rings. The third-order valence-electron chi connectivity index (χ3n) is 5.09. The predicted molar refractivity (Wildman–Crippen MR) is 95.4 cm³/mol. The monoisotopic (exact) mass is 383 g/mol. The Kier molecular flexibility index (Phi) is 6.01. The van der Waals surface area contributed by atoms with Crippen LogP contribution in [0.2, 0.25) is 0 Å². The molecule has 4 atom stereocenters. The van der Waals surface area contributed by atoms with Crippen LogP contribution in [0.25, 0.3) is 0 Å². The molecule has 2 aliphatic heterocycles. The lowest BCUT2D eigenvalue weighted by atomic mass is 10.00. The summed E-state index contributed by atoms with van der Waals surface area (Å²) < 4.78 is 10.3. The molecule has 3 amide bonds. The number of primary amides is 1. The van der Waals surface area contributed by atoms with Crippen LogP contribution in [0, 0.1) is 5.92 Å². The van der Waals surface area contributed by atoms with Crippen LogP contribution in [0.15, 0.2) is 0 Å². The second-order valence-corrected chi connectivity index (χ2v) is 8.10. The molecular weight excluding hydrogens is 354 g/mol. The van der Waals surface area contributed by atoms with E-state index < -0.39 is 47.6 Å². The quantitative estimate of drug-likeness (QED) is 0.715. The highest BCUT2D eigenvalue weighted by Crippen LogP contribution is 2.34. The van der Waals surface area contributed by atoms with Gasteiger partial charge in [0.1, 0.15) is 17.7 Å². The average molecular weight is 383 g/mol. The van der Waals surface area contributed by atoms with Gasteiger partial charge in [-0.15, -0.1) is 0 Å². The second kappa shape index (κ2) is 7.74. The molecule has 0 unspecified atom stereocenters. The van der Waals surface area contributed by atoms with Crippen LogP contribution in [0.4, 0.5) is 4.79 Å². The number of esters is 1. The smallest absolute Gasteiger partial charge is 0.411 e. The molecule has 27 heavy (non-hydrogen) atoms. The summed E-state index contributed by atoms with van der Waals surface area (Å²) in [6.07, 6.45) is 0.605. The number of likely N-dealkylation sites (tertiary alicyclic amines) is 2. The van der Waals surface area contributed by atoms with Crippen LogP contribution in [0.5, 0.6) is 0 Å². The zero-order chi connectivity index (χ0) is 20.5. The standard InChI is InChI=1S/C18H29N3O6/c1-10-11(16(24)26-5)9-13(21(10)17(25)27-18(2,3)4)15(23)20-8-6-7-12(20)14(19)22/h10-13H,6-9H2,1-5H3,(H2,19,22)/t10-,11-,12-,13-/m0/s1. The van der Waals surface area contributed by atoms with Crippen LogP contribution in [-0.2, 0) is 23.9 Å². The van der Waals surface area contributed by atoms with E-state index >= 15 is 0 Å². The van der Waals surface area contributed by atoms with Crippen molar-refractivity contribution < 1.29 is 28.7 Å². The summed E-state index contributed by atoms with van der Waals surface area (Å²) in [6.45, 7) is 7.26. The molecule has 0 aromatic rings. The summed E-state index contributed by atoms with van der Waals surface area (Å²) in [5, 5.41) is 0. The predicted octanol–water partition coefficient (Wildman–Crippen LogP) is 0.650. The Morgan fingerprint density at radius 3 is 2.26 bits per heavy atom. The minimum atomic E-state index is -0.904. The van der Waals surface area contributed by atoms with Crippen molar-refractivity contribution >= 4 is 23.9 Å². The van der Waals surface area contributed by atoms with Gasteiger partial charge in [-0.25, -0.2) is 4.79 Å². The molecule has 0 aliphatic carbocycles. The Balaban J connectivity index is 2.31. The molecule has 0 saturated carbocycles. The van der Waals surface area contributed by atoms with Crippen molar-refractivity contribution in [1.82, 2.24) is 9.80 Å². The maximum atomic E-state index is 13.2. The van der Waals surface area contributed by atoms with Crippen LogP contribution < -0.4 is 5.73 Å². The van der Waals surface area contributed by atoms with Gasteiger partial charge in [0.25, 0.3) is 0 Å². The third-order valence-corrected chi connectivity index (χ3v) is 5.09. The molecule has 0 bridgehead atoms. The minimum Gasteiger partial charge on any atom is -0.469 e. The fourth-order valence-electron chi connectivity index (χ4n) is 3.82. The molecule has 0 aromatic carbocycles. The first-order valence-corrected chi connectivity index (χ1v) is 9.17. The first-order chi connectivity index (χ1) is 12.5. The number of ether oxygens (including phenoxy) is 2. The fraction of sp³-hybridized carbons (Fsp3) is 0.778. The number of nitrogens with zero attached hydrogens (tertiary/aromatic N) is 2. The Morgan fingerprint density at radius 2 is 1.74 bits per heavy atom. The topological polar surface area (TPSA) is 119 Å². The Labute approximate surface area is 159 Å². The van der Waals surface area contributed by atoms with E-state index in [0.29, 0.717) is 19.4 Å². The Bertz CT molecular complexity index is 629. The average Bonchev–Trinajstić information content (AvgIpc) is 3.16. The maximum Gasteiger partial charge on any atom is 0.411 e. The largest absolute Gasteiger partial charge is 0.469 e. The molecule has 0 aromatic heterocycles. The normalized spacial score (nSPS) is 28.2. The maximum absolute atomic E-state index is 13.2. The second-order valence-electron chi connectivity index (χ2n) is 8.10. The van der Waals surface area contributed by atoms with E-state index in [1.54, 1.807) is 27.7 Å². The number of hydrogen-bond acceptors (Lipinski definition) is 6. The molecule has 152 valence electrons. The zero-order valence-electron chi connectivity index (χ0n) is 16.6. The van der Waals surface area contributed by atoms with Crippen molar-refractivity contribution in [2.24, 2.45) is 11.7 Å².